The van der Waals surface area contributed by atoms with Gasteiger partial charge in [-0.2, -0.15) is 0 Å². The molecule has 2 atom stereocenters. The van der Waals surface area contributed by atoms with E-state index in [1.54, 1.807) is 27.8 Å². The first-order chi connectivity index (χ1) is 15.3. The van der Waals surface area contributed by atoms with Gasteiger partial charge >= 0.3 is 0 Å². The lowest BCUT2D eigenvalue weighted by Gasteiger charge is -2.49. The second-order valence-corrected chi connectivity index (χ2v) is 10.8. The molecular formula is C32H38. The number of hydrogen-bond acceptors (Lipinski definition) is 0. The van der Waals surface area contributed by atoms with E-state index in [1.807, 2.05) is 0 Å². The Morgan fingerprint density at radius 1 is 0.844 bits per heavy atom. The van der Waals surface area contributed by atoms with E-state index in [1.165, 1.54) is 48.0 Å². The molecule has 3 aliphatic carbocycles. The Morgan fingerprint density at radius 3 is 2.19 bits per heavy atom. The first kappa shape index (κ1) is 21.5. The minimum atomic E-state index is -0.00649. The van der Waals surface area contributed by atoms with E-state index in [9.17, 15) is 0 Å². The number of rotatable bonds is 4. The van der Waals surface area contributed by atoms with Crippen LogP contribution in [0.25, 0.3) is 6.08 Å². The topological polar surface area (TPSA) is 0 Å². The molecule has 2 aromatic rings. The summed E-state index contributed by atoms with van der Waals surface area (Å²) in [5.41, 5.74) is 14.0. The van der Waals surface area contributed by atoms with Crippen LogP contribution in [0.1, 0.15) is 94.5 Å². The van der Waals surface area contributed by atoms with Crippen molar-refractivity contribution in [1.29, 1.82) is 0 Å². The minimum Gasteiger partial charge on any atom is -0.0721 e. The third kappa shape index (κ3) is 2.81. The van der Waals surface area contributed by atoms with Crippen molar-refractivity contribution in [3.05, 3.63) is 98.7 Å². The molecule has 0 heterocycles. The highest BCUT2D eigenvalue weighted by molar-refractivity contribution is 5.73. The summed E-state index contributed by atoms with van der Waals surface area (Å²) in [5, 5.41) is 0. The molecule has 3 aliphatic rings. The summed E-state index contributed by atoms with van der Waals surface area (Å²) in [6.45, 7) is 14.5. The van der Waals surface area contributed by atoms with Gasteiger partial charge in [0.2, 0.25) is 0 Å². The fraction of sp³-hybridized carbons (Fsp3) is 0.438. The predicted molar refractivity (Wildman–Crippen MR) is 138 cm³/mol. The summed E-state index contributed by atoms with van der Waals surface area (Å²) in [6.07, 6.45) is 11.4. The first-order valence-electron chi connectivity index (χ1n) is 12.6. The maximum atomic E-state index is 2.62. The monoisotopic (exact) mass is 422 g/mol. The molecule has 0 nitrogen and oxygen atoms in total. The van der Waals surface area contributed by atoms with Crippen LogP contribution in [0.3, 0.4) is 0 Å². The van der Waals surface area contributed by atoms with Gasteiger partial charge in [-0.3, -0.25) is 0 Å². The fourth-order valence-corrected chi connectivity index (χ4v) is 7.26. The van der Waals surface area contributed by atoms with Crippen molar-refractivity contribution in [2.75, 3.05) is 0 Å². The molecule has 0 amide bonds. The summed E-state index contributed by atoms with van der Waals surface area (Å²) < 4.78 is 0. The lowest BCUT2D eigenvalue weighted by molar-refractivity contribution is 0.258. The smallest absolute Gasteiger partial charge is 0.0278 e. The molecule has 0 fully saturated rings. The summed E-state index contributed by atoms with van der Waals surface area (Å²) in [7, 11) is 0. The third-order valence-electron chi connectivity index (χ3n) is 9.64. The minimum absolute atomic E-state index is 0.00649. The van der Waals surface area contributed by atoms with Gasteiger partial charge in [-0.05, 0) is 105 Å². The molecular weight excluding hydrogens is 384 g/mol. The molecule has 5 rings (SSSR count). The first-order valence-corrected chi connectivity index (χ1v) is 12.6. The molecule has 0 heteroatoms. The normalized spacial score (nSPS) is 24.7. The average molecular weight is 423 g/mol. The second-order valence-electron chi connectivity index (χ2n) is 10.8. The van der Waals surface area contributed by atoms with Crippen molar-refractivity contribution >= 4 is 6.08 Å². The van der Waals surface area contributed by atoms with E-state index in [0.717, 1.165) is 6.42 Å². The zero-order valence-corrected chi connectivity index (χ0v) is 20.8. The predicted octanol–water partition coefficient (Wildman–Crippen LogP) is 8.72. The highest BCUT2D eigenvalue weighted by Crippen LogP contribution is 2.64. The van der Waals surface area contributed by atoms with Crippen LogP contribution in [-0.2, 0) is 18.3 Å². The number of hydrogen-bond donors (Lipinski definition) is 0. The number of aryl methyl sites for hydroxylation is 1. The third-order valence-corrected chi connectivity index (χ3v) is 9.64. The van der Waals surface area contributed by atoms with Crippen LogP contribution in [0, 0.1) is 5.41 Å². The van der Waals surface area contributed by atoms with Crippen LogP contribution in [0.2, 0.25) is 0 Å². The summed E-state index contributed by atoms with van der Waals surface area (Å²) in [6, 6.07) is 16.0. The lowest BCUT2D eigenvalue weighted by atomic mass is 9.53. The van der Waals surface area contributed by atoms with Crippen LogP contribution in [-0.4, -0.2) is 0 Å². The molecule has 2 aromatic carbocycles. The molecule has 0 aliphatic heterocycles. The highest BCUT2D eigenvalue weighted by Gasteiger charge is 2.56. The van der Waals surface area contributed by atoms with E-state index in [4.69, 9.17) is 0 Å². The highest BCUT2D eigenvalue weighted by atomic mass is 14.6. The van der Waals surface area contributed by atoms with Gasteiger partial charge in [0.05, 0.1) is 0 Å². The zero-order chi connectivity index (χ0) is 22.7. The van der Waals surface area contributed by atoms with E-state index >= 15 is 0 Å². The Balaban J connectivity index is 1.77. The Labute approximate surface area is 195 Å². The van der Waals surface area contributed by atoms with E-state index < -0.39 is 0 Å². The van der Waals surface area contributed by atoms with Crippen molar-refractivity contribution < 1.29 is 0 Å². The Morgan fingerprint density at radius 2 is 1.50 bits per heavy atom. The van der Waals surface area contributed by atoms with Gasteiger partial charge in [0.25, 0.3) is 0 Å². The van der Waals surface area contributed by atoms with Crippen LogP contribution in [0.4, 0.5) is 0 Å². The van der Waals surface area contributed by atoms with Gasteiger partial charge in [0.15, 0.2) is 0 Å². The quantitative estimate of drug-likeness (QED) is 0.462. The molecule has 0 saturated heterocycles. The van der Waals surface area contributed by atoms with Crippen molar-refractivity contribution in [2.45, 2.75) is 85.0 Å². The van der Waals surface area contributed by atoms with Gasteiger partial charge < -0.3 is 0 Å². The van der Waals surface area contributed by atoms with Crippen molar-refractivity contribution in [2.24, 2.45) is 5.41 Å². The van der Waals surface area contributed by atoms with E-state index in [0.29, 0.717) is 5.92 Å². The molecule has 166 valence electrons. The van der Waals surface area contributed by atoms with Crippen LogP contribution >= 0.6 is 0 Å². The van der Waals surface area contributed by atoms with Gasteiger partial charge in [-0.15, -0.1) is 0 Å². The SMILES string of the molecule is CC1=C(C)C(C)(C2(CC(C)c3ccccc3)C=Cc3ccc4c(c32)CCCC4)C(C)=C1C. The molecule has 0 bridgehead atoms. The molecule has 0 spiro atoms. The maximum Gasteiger partial charge on any atom is 0.0278 e. The standard InChI is InChI=1S/C32H38/c1-21(26-12-8-7-9-13-26)20-32(31(6)24(4)22(2)23(3)25(31)5)19-18-28-17-16-27-14-10-11-15-29(27)30(28)32/h7-9,12-13,16-19,21H,10-11,14-15,20H2,1-6H3. The Kier molecular flexibility index (Phi) is 5.12. The number of allylic oxidation sites excluding steroid dienone is 5. The van der Waals surface area contributed by atoms with E-state index in [2.05, 4.69) is 96.2 Å². The van der Waals surface area contributed by atoms with Gasteiger partial charge in [-0.1, -0.05) is 79.6 Å². The van der Waals surface area contributed by atoms with Crippen LogP contribution in [0.15, 0.2) is 70.8 Å². The molecule has 0 radical (unpaired) electrons. The molecule has 32 heavy (non-hydrogen) atoms. The number of fused-ring (bicyclic) bond motifs is 3. The van der Waals surface area contributed by atoms with Crippen molar-refractivity contribution in [1.82, 2.24) is 0 Å². The van der Waals surface area contributed by atoms with E-state index in [-0.39, 0.29) is 10.8 Å². The molecule has 0 aromatic heterocycles. The van der Waals surface area contributed by atoms with Gasteiger partial charge in [0, 0.05) is 10.8 Å². The van der Waals surface area contributed by atoms with Crippen LogP contribution < -0.4 is 0 Å². The largest absolute Gasteiger partial charge is 0.0721 e. The average Bonchev–Trinajstić information content (AvgIpc) is 3.28. The zero-order valence-electron chi connectivity index (χ0n) is 20.8. The summed E-state index contributed by atoms with van der Waals surface area (Å²) in [5.74, 6) is 0.491. The maximum absolute atomic E-state index is 2.62. The molecule has 0 saturated carbocycles. The molecule has 2 unspecified atom stereocenters. The number of benzene rings is 2. The van der Waals surface area contributed by atoms with Gasteiger partial charge in [0.1, 0.15) is 0 Å². The van der Waals surface area contributed by atoms with Crippen molar-refractivity contribution in [3.63, 3.8) is 0 Å². The van der Waals surface area contributed by atoms with Crippen LogP contribution in [0.5, 0.6) is 0 Å². The van der Waals surface area contributed by atoms with Gasteiger partial charge in [-0.25, -0.2) is 0 Å². The Bertz CT molecular complexity index is 1130. The van der Waals surface area contributed by atoms with Crippen molar-refractivity contribution in [3.8, 4) is 0 Å². The fourth-order valence-electron chi connectivity index (χ4n) is 7.26. The Hall–Kier alpha value is -2.34. The lowest BCUT2D eigenvalue weighted by Crippen LogP contribution is -2.44. The summed E-state index contributed by atoms with van der Waals surface area (Å²) in [4.78, 5) is 0. The second kappa shape index (κ2) is 7.62. The summed E-state index contributed by atoms with van der Waals surface area (Å²) >= 11 is 0. The molecule has 0 N–H and O–H groups in total.